The minimum Gasteiger partial charge on any atom is -0.273 e. The van der Waals surface area contributed by atoms with Crippen molar-refractivity contribution in [3.8, 4) is 0 Å². The van der Waals surface area contributed by atoms with Crippen molar-refractivity contribution in [3.63, 3.8) is 0 Å². The first-order chi connectivity index (χ1) is 8.50. The van der Waals surface area contributed by atoms with Crippen molar-refractivity contribution < 1.29 is 9.59 Å². The number of carbonyl (C=O) groups is 2. The van der Waals surface area contributed by atoms with Crippen molar-refractivity contribution in [2.45, 2.75) is 33.6 Å². The molecule has 1 aromatic carbocycles. The van der Waals surface area contributed by atoms with Crippen LogP contribution in [0, 0.1) is 12.8 Å². The molecule has 0 heterocycles. The van der Waals surface area contributed by atoms with Crippen molar-refractivity contribution in [1.82, 2.24) is 10.9 Å². The number of carbonyl (C=O) groups excluding carboxylic acids is 2. The lowest BCUT2D eigenvalue weighted by Gasteiger charge is -2.09. The van der Waals surface area contributed by atoms with Gasteiger partial charge in [0, 0.05) is 12.0 Å². The molecule has 0 spiro atoms. The first-order valence-electron chi connectivity index (χ1n) is 6.15. The smallest absolute Gasteiger partial charge is 0.269 e. The fraction of sp³-hybridized carbons (Fsp3) is 0.429. The molecule has 0 radical (unpaired) electrons. The van der Waals surface area contributed by atoms with Gasteiger partial charge in [-0.2, -0.15) is 0 Å². The molecule has 1 aromatic rings. The van der Waals surface area contributed by atoms with Gasteiger partial charge in [0.05, 0.1) is 0 Å². The molecule has 2 amide bonds. The Bertz CT molecular complexity index is 428. The number of amides is 2. The van der Waals surface area contributed by atoms with Crippen LogP contribution in [-0.2, 0) is 4.79 Å². The number of hydrazine groups is 1. The van der Waals surface area contributed by atoms with E-state index in [1.807, 2.05) is 19.1 Å². The summed E-state index contributed by atoms with van der Waals surface area (Å²) in [6.07, 6.45) is 1.23. The molecule has 1 rings (SSSR count). The molecule has 0 fully saturated rings. The predicted octanol–water partition coefficient (Wildman–Crippen LogP) is 2.19. The second-order valence-corrected chi connectivity index (χ2v) is 4.75. The van der Waals surface area contributed by atoms with E-state index in [1.54, 1.807) is 12.1 Å². The van der Waals surface area contributed by atoms with Gasteiger partial charge in [0.2, 0.25) is 5.91 Å². The van der Waals surface area contributed by atoms with E-state index in [0.29, 0.717) is 17.9 Å². The summed E-state index contributed by atoms with van der Waals surface area (Å²) in [6, 6.07) is 7.25. The van der Waals surface area contributed by atoms with Gasteiger partial charge in [-0.05, 0) is 30.9 Å². The summed E-state index contributed by atoms with van der Waals surface area (Å²) in [6.45, 7) is 5.97. The van der Waals surface area contributed by atoms with Gasteiger partial charge in [0.25, 0.3) is 5.91 Å². The number of nitrogens with one attached hydrogen (secondary N) is 2. The molecule has 4 nitrogen and oxygen atoms in total. The van der Waals surface area contributed by atoms with Crippen molar-refractivity contribution in [3.05, 3.63) is 35.4 Å². The lowest BCUT2D eigenvalue weighted by atomic mass is 10.1. The Morgan fingerprint density at radius 1 is 1.17 bits per heavy atom. The van der Waals surface area contributed by atoms with E-state index < -0.39 is 0 Å². The molecule has 0 aliphatic rings. The van der Waals surface area contributed by atoms with Crippen LogP contribution in [-0.4, -0.2) is 11.8 Å². The van der Waals surface area contributed by atoms with Crippen LogP contribution in [0.25, 0.3) is 0 Å². The summed E-state index contributed by atoms with van der Waals surface area (Å²) in [5, 5.41) is 0. The monoisotopic (exact) mass is 248 g/mol. The van der Waals surface area contributed by atoms with E-state index >= 15 is 0 Å². The molecular formula is C14H20N2O2. The quantitative estimate of drug-likeness (QED) is 0.802. The summed E-state index contributed by atoms with van der Waals surface area (Å²) in [4.78, 5) is 23.2. The lowest BCUT2D eigenvalue weighted by molar-refractivity contribution is -0.122. The van der Waals surface area contributed by atoms with Crippen molar-refractivity contribution >= 4 is 11.8 Å². The maximum absolute atomic E-state index is 11.8. The largest absolute Gasteiger partial charge is 0.273 e. The van der Waals surface area contributed by atoms with Gasteiger partial charge in [-0.3, -0.25) is 20.4 Å². The molecule has 18 heavy (non-hydrogen) atoms. The number of hydrogen-bond donors (Lipinski definition) is 2. The van der Waals surface area contributed by atoms with Crippen LogP contribution in [0.4, 0.5) is 0 Å². The van der Waals surface area contributed by atoms with Gasteiger partial charge in [-0.15, -0.1) is 0 Å². The van der Waals surface area contributed by atoms with Crippen LogP contribution >= 0.6 is 0 Å². The molecule has 0 saturated carbocycles. The molecule has 4 heteroatoms. The molecule has 0 aromatic heterocycles. The van der Waals surface area contributed by atoms with Gasteiger partial charge in [-0.1, -0.05) is 32.0 Å². The average Bonchev–Trinajstić information content (AvgIpc) is 2.34. The maximum atomic E-state index is 11.8. The van der Waals surface area contributed by atoms with Gasteiger partial charge >= 0.3 is 0 Å². The summed E-state index contributed by atoms with van der Waals surface area (Å²) in [7, 11) is 0. The molecule has 2 N–H and O–H groups in total. The molecule has 0 saturated heterocycles. The Morgan fingerprint density at radius 2 is 1.83 bits per heavy atom. The molecular weight excluding hydrogens is 228 g/mol. The van der Waals surface area contributed by atoms with Crippen molar-refractivity contribution in [2.24, 2.45) is 5.92 Å². The molecule has 98 valence electrons. The minimum absolute atomic E-state index is 0.161. The third-order valence-electron chi connectivity index (χ3n) is 2.65. The summed E-state index contributed by atoms with van der Waals surface area (Å²) in [5.41, 5.74) is 6.30. The number of benzene rings is 1. The van der Waals surface area contributed by atoms with Gasteiger partial charge in [0.15, 0.2) is 0 Å². The van der Waals surface area contributed by atoms with Crippen LogP contribution in [0.1, 0.15) is 42.6 Å². The summed E-state index contributed by atoms with van der Waals surface area (Å²) >= 11 is 0. The predicted molar refractivity (Wildman–Crippen MR) is 70.9 cm³/mol. The SMILES string of the molecule is Cc1ccccc1C(=O)NNC(=O)CCC(C)C. The zero-order valence-electron chi connectivity index (χ0n) is 11.1. The highest BCUT2D eigenvalue weighted by atomic mass is 16.2. The van der Waals surface area contributed by atoms with Crippen LogP contribution in [0.15, 0.2) is 24.3 Å². The standard InChI is InChI=1S/C14H20N2O2/c1-10(2)8-9-13(17)15-16-14(18)12-7-5-4-6-11(12)3/h4-7,10H,8-9H2,1-3H3,(H,15,17)(H,16,18). The number of rotatable bonds is 4. The van der Waals surface area contributed by atoms with Crippen LogP contribution < -0.4 is 10.9 Å². The highest BCUT2D eigenvalue weighted by Crippen LogP contribution is 2.06. The molecule has 0 aliphatic heterocycles. The Hall–Kier alpha value is -1.84. The van der Waals surface area contributed by atoms with E-state index in [4.69, 9.17) is 0 Å². The molecule has 0 unspecified atom stereocenters. The van der Waals surface area contributed by atoms with Crippen LogP contribution in [0.5, 0.6) is 0 Å². The Labute approximate surface area is 108 Å². The van der Waals surface area contributed by atoms with Gasteiger partial charge in [0.1, 0.15) is 0 Å². The maximum Gasteiger partial charge on any atom is 0.269 e. The molecule has 0 atom stereocenters. The second-order valence-electron chi connectivity index (χ2n) is 4.75. The fourth-order valence-corrected chi connectivity index (χ4v) is 1.50. The van der Waals surface area contributed by atoms with E-state index in [1.165, 1.54) is 0 Å². The number of hydrogen-bond acceptors (Lipinski definition) is 2. The molecule has 0 aliphatic carbocycles. The Morgan fingerprint density at radius 3 is 2.44 bits per heavy atom. The van der Waals surface area contributed by atoms with E-state index in [0.717, 1.165) is 12.0 Å². The minimum atomic E-state index is -0.286. The van der Waals surface area contributed by atoms with Crippen LogP contribution in [0.3, 0.4) is 0 Å². The van der Waals surface area contributed by atoms with E-state index in [2.05, 4.69) is 24.7 Å². The summed E-state index contributed by atoms with van der Waals surface area (Å²) in [5.74, 6) is 0.0273. The van der Waals surface area contributed by atoms with E-state index in [9.17, 15) is 9.59 Å². The normalized spacial score (nSPS) is 10.2. The highest BCUT2D eigenvalue weighted by Gasteiger charge is 2.09. The van der Waals surface area contributed by atoms with Gasteiger partial charge in [-0.25, -0.2) is 0 Å². The zero-order chi connectivity index (χ0) is 13.5. The lowest BCUT2D eigenvalue weighted by Crippen LogP contribution is -2.41. The fourth-order valence-electron chi connectivity index (χ4n) is 1.50. The first kappa shape index (κ1) is 14.2. The Balaban J connectivity index is 2.42. The Kier molecular flexibility index (Phi) is 5.36. The van der Waals surface area contributed by atoms with Crippen molar-refractivity contribution in [2.75, 3.05) is 0 Å². The van der Waals surface area contributed by atoms with Crippen LogP contribution in [0.2, 0.25) is 0 Å². The van der Waals surface area contributed by atoms with Crippen molar-refractivity contribution in [1.29, 1.82) is 0 Å². The first-order valence-corrected chi connectivity index (χ1v) is 6.15. The topological polar surface area (TPSA) is 58.2 Å². The third-order valence-corrected chi connectivity index (χ3v) is 2.65. The average molecular weight is 248 g/mol. The molecule has 0 bridgehead atoms. The second kappa shape index (κ2) is 6.79. The third kappa shape index (κ3) is 4.57. The van der Waals surface area contributed by atoms with Gasteiger partial charge < -0.3 is 0 Å². The summed E-state index contributed by atoms with van der Waals surface area (Å²) < 4.78 is 0. The highest BCUT2D eigenvalue weighted by molar-refractivity contribution is 5.96. The van der Waals surface area contributed by atoms with E-state index in [-0.39, 0.29) is 11.8 Å². The zero-order valence-corrected chi connectivity index (χ0v) is 11.1. The number of aryl methyl sites for hydroxylation is 1.